The molecule has 0 spiro atoms. The molecule has 0 bridgehead atoms. The molecule has 2 aliphatic rings. The van der Waals surface area contributed by atoms with Crippen molar-refractivity contribution in [2.45, 2.75) is 102 Å². The fourth-order valence-corrected chi connectivity index (χ4v) is 7.55. The van der Waals surface area contributed by atoms with Crippen molar-refractivity contribution in [2.24, 2.45) is 0 Å². The van der Waals surface area contributed by atoms with Gasteiger partial charge in [-0.1, -0.05) is 89.1 Å². The van der Waals surface area contributed by atoms with Crippen molar-refractivity contribution in [2.75, 3.05) is 18.0 Å². The van der Waals surface area contributed by atoms with Gasteiger partial charge in [0.2, 0.25) is 5.69 Å². The van der Waals surface area contributed by atoms with E-state index in [1.54, 1.807) is 13.0 Å². The van der Waals surface area contributed by atoms with Crippen LogP contribution in [0.3, 0.4) is 0 Å². The summed E-state index contributed by atoms with van der Waals surface area (Å²) >= 11 is 0. The first kappa shape index (κ1) is 35.3. The molecule has 0 radical (unpaired) electrons. The summed E-state index contributed by atoms with van der Waals surface area (Å²) in [6.45, 7) is 14.5. The number of fused-ring (bicyclic) bond motifs is 2. The zero-order valence-corrected chi connectivity index (χ0v) is 29.2. The van der Waals surface area contributed by atoms with Crippen LogP contribution in [0.1, 0.15) is 97.6 Å². The number of benzene rings is 2. The maximum absolute atomic E-state index is 12.1. The molecule has 1 N–H and O–H groups in total. The molecule has 0 aliphatic carbocycles. The lowest BCUT2D eigenvalue weighted by atomic mass is 9.75. The van der Waals surface area contributed by atoms with E-state index in [4.69, 9.17) is 0 Å². The molecule has 0 aromatic heterocycles. The Balaban J connectivity index is 1.59. The van der Waals surface area contributed by atoms with Gasteiger partial charge in [-0.3, -0.25) is 4.55 Å². The summed E-state index contributed by atoms with van der Waals surface area (Å²) in [5, 5.41) is 0. The number of Topliss-reactive ketones (excluding diaryl/α,β-unsaturated/α-hetero) is 1. The first-order chi connectivity index (χ1) is 21.9. The minimum Gasteiger partial charge on any atom is -0.344 e. The van der Waals surface area contributed by atoms with E-state index in [2.05, 4.69) is 98.7 Å². The first-order valence-corrected chi connectivity index (χ1v) is 18.2. The maximum atomic E-state index is 12.1. The minimum atomic E-state index is -4.34. The highest BCUT2D eigenvalue weighted by Crippen LogP contribution is 2.48. The van der Waals surface area contributed by atoms with Gasteiger partial charge >= 0.3 is 0 Å². The van der Waals surface area contributed by atoms with Crippen LogP contribution >= 0.6 is 0 Å². The average Bonchev–Trinajstić information content (AvgIpc) is 3.36. The highest BCUT2D eigenvalue weighted by molar-refractivity contribution is 7.85. The van der Waals surface area contributed by atoms with Crippen LogP contribution in [0.2, 0.25) is 0 Å². The van der Waals surface area contributed by atoms with Crippen molar-refractivity contribution < 1.29 is 22.3 Å². The van der Waals surface area contributed by atoms with Gasteiger partial charge in [0.15, 0.2) is 5.71 Å². The lowest BCUT2D eigenvalue weighted by molar-refractivity contribution is -0.437. The third-order valence-corrected chi connectivity index (χ3v) is 10.2. The second-order valence-corrected chi connectivity index (χ2v) is 14.7. The summed E-state index contributed by atoms with van der Waals surface area (Å²) in [5.74, 6) is 0.201. The van der Waals surface area contributed by atoms with Gasteiger partial charge in [-0.15, -0.1) is 0 Å². The molecule has 0 amide bonds. The van der Waals surface area contributed by atoms with E-state index in [1.807, 2.05) is 18.2 Å². The lowest BCUT2D eigenvalue weighted by Gasteiger charge is -2.26. The van der Waals surface area contributed by atoms with Crippen molar-refractivity contribution in [3.63, 3.8) is 0 Å². The van der Waals surface area contributed by atoms with E-state index in [0.717, 1.165) is 68.6 Å². The van der Waals surface area contributed by atoms with Crippen molar-refractivity contribution in [1.29, 1.82) is 0 Å². The van der Waals surface area contributed by atoms with E-state index < -0.39 is 15.5 Å². The topological polar surface area (TPSA) is 77.7 Å². The highest BCUT2D eigenvalue weighted by atomic mass is 32.2. The van der Waals surface area contributed by atoms with E-state index in [-0.39, 0.29) is 16.1 Å². The molecule has 6 nitrogen and oxygen atoms in total. The molecule has 46 heavy (non-hydrogen) atoms. The number of para-hydroxylation sites is 1. The summed E-state index contributed by atoms with van der Waals surface area (Å²) < 4.78 is 36.3. The van der Waals surface area contributed by atoms with Gasteiger partial charge in [0, 0.05) is 53.9 Å². The summed E-state index contributed by atoms with van der Waals surface area (Å²) in [5.41, 5.74) is 6.44. The molecule has 1 unspecified atom stereocenters. The number of carbonyl (C=O) groups is 1. The van der Waals surface area contributed by atoms with Gasteiger partial charge in [-0.2, -0.15) is 13.0 Å². The number of unbranched alkanes of at least 4 members (excludes halogenated alkanes) is 2. The van der Waals surface area contributed by atoms with Crippen LogP contribution in [0.15, 0.2) is 95.6 Å². The van der Waals surface area contributed by atoms with Crippen LogP contribution in [0.25, 0.3) is 0 Å². The van der Waals surface area contributed by atoms with Gasteiger partial charge < -0.3 is 9.69 Å². The van der Waals surface area contributed by atoms with Gasteiger partial charge in [0.05, 0.1) is 10.3 Å². The molecule has 0 fully saturated rings. The number of anilines is 1. The highest BCUT2D eigenvalue weighted by Gasteiger charge is 2.47. The number of hydrogen-bond acceptors (Lipinski definition) is 4. The SMILES string of the molecule is CCCN1\C(=C/C=C/C=C/C=C/C2=[N+](CCC)c3ccc(S(=O)(=O)O)cc3C2(C)CCCCCC(C)=O)C(C)(C)c2ccccc21. The van der Waals surface area contributed by atoms with Gasteiger partial charge in [0.25, 0.3) is 10.1 Å². The molecule has 4 rings (SSSR count). The lowest BCUT2D eigenvalue weighted by Crippen LogP contribution is -2.31. The molecule has 2 aromatic carbocycles. The minimum absolute atomic E-state index is 0.0671. The Bertz CT molecular complexity index is 1690. The summed E-state index contributed by atoms with van der Waals surface area (Å²) in [6.07, 6.45) is 20.7. The smallest absolute Gasteiger partial charge is 0.294 e. The predicted molar refractivity (Wildman–Crippen MR) is 190 cm³/mol. The molecule has 0 saturated carbocycles. The standard InChI is InChI=1S/C39H50N2O4S/c1-7-27-40-34-21-17-16-20-32(34)38(4,5)36(40)22-14-10-9-11-15-23-37-39(6,26-18-12-13-19-30(3)42)33-29-31(46(43,44)45)24-25-35(33)41(37)28-8-2/h9-11,14-17,20-25,29H,7-8,12-13,18-19,26-28H2,1-6H3/p+1. The van der Waals surface area contributed by atoms with Crippen molar-refractivity contribution in [1.82, 2.24) is 0 Å². The zero-order chi connectivity index (χ0) is 33.5. The number of hydrogen-bond donors (Lipinski definition) is 1. The van der Waals surface area contributed by atoms with Gasteiger partial charge in [0.1, 0.15) is 12.3 Å². The van der Waals surface area contributed by atoms with Crippen LogP contribution in [-0.2, 0) is 25.7 Å². The number of rotatable bonds is 15. The quantitative estimate of drug-likeness (QED) is 0.0907. The van der Waals surface area contributed by atoms with Crippen LogP contribution in [-0.4, -0.2) is 42.1 Å². The fraction of sp³-hybridized carbons (Fsp3) is 0.436. The van der Waals surface area contributed by atoms with Crippen LogP contribution in [0.4, 0.5) is 11.4 Å². The Kier molecular flexibility index (Phi) is 11.4. The third-order valence-electron chi connectivity index (χ3n) is 9.36. The van der Waals surface area contributed by atoms with Gasteiger partial charge in [-0.05, 0) is 62.9 Å². The number of carbonyl (C=O) groups excluding carboxylic acids is 1. The van der Waals surface area contributed by atoms with E-state index in [9.17, 15) is 17.8 Å². The molecular formula is C39H51N2O4S+. The van der Waals surface area contributed by atoms with Crippen LogP contribution in [0, 0.1) is 0 Å². The Labute approximate surface area is 276 Å². The molecule has 2 heterocycles. The fourth-order valence-electron chi connectivity index (χ4n) is 7.04. The summed E-state index contributed by atoms with van der Waals surface area (Å²) in [4.78, 5) is 13.8. The first-order valence-electron chi connectivity index (χ1n) is 16.7. The largest absolute Gasteiger partial charge is 0.344 e. The Morgan fingerprint density at radius 1 is 0.913 bits per heavy atom. The molecule has 2 aromatic rings. The predicted octanol–water partition coefficient (Wildman–Crippen LogP) is 9.00. The maximum Gasteiger partial charge on any atom is 0.294 e. The Morgan fingerprint density at radius 2 is 1.63 bits per heavy atom. The van der Waals surface area contributed by atoms with Crippen molar-refractivity contribution in [3.05, 3.63) is 102 Å². The molecular weight excluding hydrogens is 593 g/mol. The van der Waals surface area contributed by atoms with Crippen molar-refractivity contribution in [3.8, 4) is 0 Å². The van der Waals surface area contributed by atoms with Crippen molar-refractivity contribution >= 4 is 33.0 Å². The second kappa shape index (κ2) is 14.9. The summed E-state index contributed by atoms with van der Waals surface area (Å²) in [7, 11) is -4.34. The molecule has 2 aliphatic heterocycles. The Hall–Kier alpha value is -3.55. The molecule has 7 heteroatoms. The van der Waals surface area contributed by atoms with E-state index in [0.29, 0.717) is 6.42 Å². The molecule has 1 atom stereocenters. The monoisotopic (exact) mass is 643 g/mol. The van der Waals surface area contributed by atoms with Crippen LogP contribution in [0.5, 0.6) is 0 Å². The van der Waals surface area contributed by atoms with Crippen LogP contribution < -0.4 is 4.90 Å². The van der Waals surface area contributed by atoms with Gasteiger partial charge in [-0.25, -0.2) is 0 Å². The zero-order valence-electron chi connectivity index (χ0n) is 28.4. The second-order valence-electron chi connectivity index (χ2n) is 13.3. The summed E-state index contributed by atoms with van der Waals surface area (Å²) in [6, 6.07) is 13.6. The normalized spacial score (nSPS) is 20.2. The molecule has 246 valence electrons. The van der Waals surface area contributed by atoms with E-state index in [1.165, 1.54) is 23.0 Å². The Morgan fingerprint density at radius 3 is 2.33 bits per heavy atom. The number of nitrogens with zero attached hydrogens (tertiary/aromatic N) is 2. The van der Waals surface area contributed by atoms with E-state index >= 15 is 0 Å². The number of allylic oxidation sites excluding steroid dienone is 8. The number of ketones is 1. The molecule has 0 saturated heterocycles. The average molecular weight is 644 g/mol. The third kappa shape index (κ3) is 7.53.